The van der Waals surface area contributed by atoms with Gasteiger partial charge in [0.15, 0.2) is 11.6 Å². The molecule has 1 unspecified atom stereocenters. The zero-order valence-electron chi connectivity index (χ0n) is 20.7. The van der Waals surface area contributed by atoms with Gasteiger partial charge in [-0.1, -0.05) is 50.1 Å². The summed E-state index contributed by atoms with van der Waals surface area (Å²) in [6, 6.07) is 15.3. The third-order valence-electron chi connectivity index (χ3n) is 8.14. The van der Waals surface area contributed by atoms with Crippen LogP contribution in [0.1, 0.15) is 83.1 Å². The number of carbonyl (C=O) groups is 1. The number of esters is 1. The Labute approximate surface area is 204 Å². The maximum Gasteiger partial charge on any atom is 0.314 e. The zero-order valence-corrected chi connectivity index (χ0v) is 20.7. The molecule has 2 aromatic rings. The minimum absolute atomic E-state index is 0.0751. The lowest BCUT2D eigenvalue weighted by Crippen LogP contribution is -2.30. The van der Waals surface area contributed by atoms with E-state index in [2.05, 4.69) is 37.3 Å². The minimum atomic E-state index is -0.496. The number of ether oxygens (including phenoxy) is 2. The van der Waals surface area contributed by atoms with Gasteiger partial charge in [0.25, 0.3) is 0 Å². The molecule has 4 rings (SSSR count). The monoisotopic (exact) mass is 466 g/mol. The number of rotatable bonds is 8. The van der Waals surface area contributed by atoms with E-state index in [4.69, 9.17) is 9.47 Å². The van der Waals surface area contributed by atoms with Gasteiger partial charge in [0.05, 0.1) is 12.5 Å². The average molecular weight is 467 g/mol. The summed E-state index contributed by atoms with van der Waals surface area (Å²) in [7, 11) is 0. The highest BCUT2D eigenvalue weighted by Gasteiger charge is 2.34. The molecule has 2 aliphatic rings. The molecule has 0 heterocycles. The smallest absolute Gasteiger partial charge is 0.314 e. The molecule has 0 bridgehead atoms. The highest BCUT2D eigenvalue weighted by atomic mass is 19.1. The molecule has 2 fully saturated rings. The molecule has 0 aliphatic heterocycles. The standard InChI is InChI=1S/C30H39FO3/c1-3-33-29-18-17-27(20-28(29)31)34-30(32)26-15-13-25(14-16-26)24-11-9-22(10-12-24)19-21(2)23-7-5-4-6-8-23/h4-8,17-18,20-22,24-26H,3,9-16,19H2,1-2H3. The van der Waals surface area contributed by atoms with Gasteiger partial charge in [0, 0.05) is 6.07 Å². The fraction of sp³-hybridized carbons (Fsp3) is 0.567. The lowest BCUT2D eigenvalue weighted by molar-refractivity contribution is -0.140. The zero-order chi connectivity index (χ0) is 23.9. The molecule has 0 amide bonds. The first-order valence-electron chi connectivity index (χ1n) is 13.2. The summed E-state index contributed by atoms with van der Waals surface area (Å²) in [6.07, 6.45) is 10.6. The summed E-state index contributed by atoms with van der Waals surface area (Å²) in [5.74, 6) is 2.67. The quantitative estimate of drug-likeness (QED) is 0.293. The second-order valence-electron chi connectivity index (χ2n) is 10.4. The molecule has 2 aromatic carbocycles. The summed E-state index contributed by atoms with van der Waals surface area (Å²) in [5.41, 5.74) is 1.46. The van der Waals surface area contributed by atoms with E-state index in [0.717, 1.165) is 43.4 Å². The van der Waals surface area contributed by atoms with Crippen LogP contribution in [0.4, 0.5) is 4.39 Å². The molecule has 1 atom stereocenters. The summed E-state index contributed by atoms with van der Waals surface area (Å²) in [6.45, 7) is 4.57. The van der Waals surface area contributed by atoms with Gasteiger partial charge < -0.3 is 9.47 Å². The van der Waals surface area contributed by atoms with Gasteiger partial charge >= 0.3 is 5.97 Å². The number of benzene rings is 2. The van der Waals surface area contributed by atoms with Crippen molar-refractivity contribution in [3.8, 4) is 11.5 Å². The van der Waals surface area contributed by atoms with E-state index in [0.29, 0.717) is 12.5 Å². The molecule has 184 valence electrons. The van der Waals surface area contributed by atoms with Gasteiger partial charge in [-0.25, -0.2) is 4.39 Å². The molecule has 4 heteroatoms. The van der Waals surface area contributed by atoms with Gasteiger partial charge in [0.1, 0.15) is 5.75 Å². The third-order valence-corrected chi connectivity index (χ3v) is 8.14. The van der Waals surface area contributed by atoms with Crippen LogP contribution in [-0.4, -0.2) is 12.6 Å². The summed E-state index contributed by atoms with van der Waals surface area (Å²) < 4.78 is 24.8. The SMILES string of the molecule is CCOc1ccc(OC(=O)C2CCC(C3CCC(CC(C)c4ccccc4)CC3)CC2)cc1F. The van der Waals surface area contributed by atoms with Crippen molar-refractivity contribution in [1.29, 1.82) is 0 Å². The Balaban J connectivity index is 1.19. The predicted molar refractivity (Wildman–Crippen MR) is 134 cm³/mol. The molecule has 2 saturated carbocycles. The van der Waals surface area contributed by atoms with Gasteiger partial charge in [-0.15, -0.1) is 0 Å². The molecule has 34 heavy (non-hydrogen) atoms. The maximum atomic E-state index is 14.1. The van der Waals surface area contributed by atoms with Crippen molar-refractivity contribution in [3.63, 3.8) is 0 Å². The van der Waals surface area contributed by atoms with E-state index >= 15 is 0 Å². The van der Waals surface area contributed by atoms with Crippen molar-refractivity contribution in [3.05, 3.63) is 59.9 Å². The molecular weight excluding hydrogens is 427 g/mol. The normalized spacial score (nSPS) is 26.0. The Morgan fingerprint density at radius 2 is 1.59 bits per heavy atom. The minimum Gasteiger partial charge on any atom is -0.491 e. The topological polar surface area (TPSA) is 35.5 Å². The largest absolute Gasteiger partial charge is 0.491 e. The van der Waals surface area contributed by atoms with Crippen molar-refractivity contribution < 1.29 is 18.7 Å². The van der Waals surface area contributed by atoms with Gasteiger partial charge in [-0.3, -0.25) is 4.79 Å². The molecule has 0 radical (unpaired) electrons. The van der Waals surface area contributed by atoms with Crippen LogP contribution in [0, 0.1) is 29.5 Å². The van der Waals surface area contributed by atoms with Crippen molar-refractivity contribution in [2.24, 2.45) is 23.7 Å². The number of hydrogen-bond acceptors (Lipinski definition) is 3. The number of carbonyl (C=O) groups excluding carboxylic acids is 1. The van der Waals surface area contributed by atoms with Crippen LogP contribution in [0.2, 0.25) is 0 Å². The van der Waals surface area contributed by atoms with Crippen molar-refractivity contribution in [1.82, 2.24) is 0 Å². The highest BCUT2D eigenvalue weighted by molar-refractivity contribution is 5.75. The number of halogens is 1. The Bertz CT molecular complexity index is 912. The maximum absolute atomic E-state index is 14.1. The van der Waals surface area contributed by atoms with Crippen LogP contribution >= 0.6 is 0 Å². The highest BCUT2D eigenvalue weighted by Crippen LogP contribution is 2.43. The van der Waals surface area contributed by atoms with Crippen molar-refractivity contribution in [2.45, 2.75) is 77.6 Å². The number of hydrogen-bond donors (Lipinski definition) is 0. The van der Waals surface area contributed by atoms with E-state index in [1.807, 2.05) is 6.92 Å². The predicted octanol–water partition coefficient (Wildman–Crippen LogP) is 7.94. The Kier molecular flexibility index (Phi) is 8.64. The van der Waals surface area contributed by atoms with E-state index < -0.39 is 5.82 Å². The Hall–Kier alpha value is -2.36. The average Bonchev–Trinajstić information content (AvgIpc) is 2.87. The van der Waals surface area contributed by atoms with Gasteiger partial charge in [-0.05, 0) is 93.2 Å². The van der Waals surface area contributed by atoms with Crippen LogP contribution in [0.25, 0.3) is 0 Å². The Morgan fingerprint density at radius 1 is 0.941 bits per heavy atom. The fourth-order valence-corrected chi connectivity index (χ4v) is 6.16. The summed E-state index contributed by atoms with van der Waals surface area (Å²) >= 11 is 0. The molecule has 2 aliphatic carbocycles. The first-order chi connectivity index (χ1) is 16.5. The van der Waals surface area contributed by atoms with E-state index in [1.165, 1.54) is 49.8 Å². The van der Waals surface area contributed by atoms with E-state index in [9.17, 15) is 9.18 Å². The molecular formula is C30H39FO3. The first kappa shape index (κ1) is 24.8. The van der Waals surface area contributed by atoms with Crippen molar-refractivity contribution >= 4 is 5.97 Å². The first-order valence-corrected chi connectivity index (χ1v) is 13.2. The third kappa shape index (κ3) is 6.40. The molecule has 0 aromatic heterocycles. The van der Waals surface area contributed by atoms with Gasteiger partial charge in [0.2, 0.25) is 0 Å². The summed E-state index contributed by atoms with van der Waals surface area (Å²) in [4.78, 5) is 12.7. The van der Waals surface area contributed by atoms with Crippen LogP contribution in [0.5, 0.6) is 11.5 Å². The molecule has 0 saturated heterocycles. The fourth-order valence-electron chi connectivity index (χ4n) is 6.16. The van der Waals surface area contributed by atoms with E-state index in [-0.39, 0.29) is 23.4 Å². The lowest BCUT2D eigenvalue weighted by Gasteiger charge is -2.38. The van der Waals surface area contributed by atoms with Crippen molar-refractivity contribution in [2.75, 3.05) is 6.61 Å². The lowest BCUT2D eigenvalue weighted by atomic mass is 9.68. The summed E-state index contributed by atoms with van der Waals surface area (Å²) in [5, 5.41) is 0. The van der Waals surface area contributed by atoms with Crippen LogP contribution in [-0.2, 0) is 4.79 Å². The second-order valence-corrected chi connectivity index (χ2v) is 10.4. The molecule has 0 spiro atoms. The second kappa shape index (κ2) is 11.9. The Morgan fingerprint density at radius 3 is 2.21 bits per heavy atom. The van der Waals surface area contributed by atoms with Crippen LogP contribution in [0.15, 0.2) is 48.5 Å². The van der Waals surface area contributed by atoms with Crippen LogP contribution < -0.4 is 9.47 Å². The van der Waals surface area contributed by atoms with Crippen LogP contribution in [0.3, 0.4) is 0 Å². The molecule has 3 nitrogen and oxygen atoms in total. The molecule has 0 N–H and O–H groups in total. The van der Waals surface area contributed by atoms with E-state index in [1.54, 1.807) is 6.07 Å². The van der Waals surface area contributed by atoms with Gasteiger partial charge in [-0.2, -0.15) is 0 Å².